The van der Waals surface area contributed by atoms with E-state index >= 15 is 0 Å². The molecule has 0 aliphatic carbocycles. The fourth-order valence-corrected chi connectivity index (χ4v) is 5.19. The maximum atomic E-state index is 13.9. The molecule has 0 saturated heterocycles. The summed E-state index contributed by atoms with van der Waals surface area (Å²) in [7, 11) is 0. The maximum Gasteiger partial charge on any atom is 0.244 e. The second-order valence-corrected chi connectivity index (χ2v) is 9.75. The van der Waals surface area contributed by atoms with Crippen LogP contribution in [0, 0.1) is 0 Å². The van der Waals surface area contributed by atoms with E-state index in [9.17, 15) is 4.79 Å². The molecule has 1 amide bonds. The van der Waals surface area contributed by atoms with Gasteiger partial charge in [0.05, 0.1) is 29.2 Å². The van der Waals surface area contributed by atoms with Crippen LogP contribution in [-0.2, 0) is 17.6 Å². The van der Waals surface area contributed by atoms with Gasteiger partial charge in [0.1, 0.15) is 5.69 Å². The van der Waals surface area contributed by atoms with Crippen LogP contribution >= 0.6 is 11.8 Å². The van der Waals surface area contributed by atoms with E-state index in [2.05, 4.69) is 22.3 Å². The topological polar surface area (TPSA) is 85.3 Å². The van der Waals surface area contributed by atoms with Gasteiger partial charge in [-0.15, -0.1) is 10.2 Å². The van der Waals surface area contributed by atoms with Crippen molar-refractivity contribution in [2.75, 3.05) is 4.90 Å². The van der Waals surface area contributed by atoms with Crippen LogP contribution in [0.4, 0.5) is 11.4 Å². The summed E-state index contributed by atoms with van der Waals surface area (Å²) in [4.78, 5) is 20.5. The molecule has 0 radical (unpaired) electrons. The Bertz CT molecular complexity index is 1470. The summed E-state index contributed by atoms with van der Waals surface area (Å²) >= 11 is 1.27. The smallest absolute Gasteiger partial charge is 0.244 e. The first-order valence-electron chi connectivity index (χ1n) is 11.7. The van der Waals surface area contributed by atoms with Crippen LogP contribution in [0.15, 0.2) is 99.3 Å². The van der Waals surface area contributed by atoms with Gasteiger partial charge in [0.25, 0.3) is 0 Å². The van der Waals surface area contributed by atoms with E-state index in [1.54, 1.807) is 30.7 Å². The number of amides is 1. The fourth-order valence-electron chi connectivity index (χ4n) is 4.43. The van der Waals surface area contributed by atoms with E-state index in [0.29, 0.717) is 28.1 Å². The molecule has 0 spiro atoms. The van der Waals surface area contributed by atoms with E-state index in [4.69, 9.17) is 13.8 Å². The largest absolute Gasteiger partial charge is 0.463 e. The number of nitrogens with zero attached hydrogens (tertiary/aromatic N) is 4. The molecule has 0 saturated carbocycles. The highest BCUT2D eigenvalue weighted by Gasteiger charge is 2.30. The lowest BCUT2D eigenvalue weighted by molar-refractivity contribution is -0.117. The van der Waals surface area contributed by atoms with Gasteiger partial charge in [-0.25, -0.2) is 4.98 Å². The van der Waals surface area contributed by atoms with Crippen molar-refractivity contribution in [2.24, 2.45) is 0 Å². The Morgan fingerprint density at radius 3 is 1.97 bits per heavy atom. The van der Waals surface area contributed by atoms with Crippen LogP contribution < -0.4 is 4.90 Å². The van der Waals surface area contributed by atoms with Gasteiger partial charge in [-0.05, 0) is 67.3 Å². The quantitative estimate of drug-likeness (QED) is 0.264. The van der Waals surface area contributed by atoms with Gasteiger partial charge in [-0.3, -0.25) is 9.69 Å². The summed E-state index contributed by atoms with van der Waals surface area (Å²) in [5.41, 5.74) is 5.14. The summed E-state index contributed by atoms with van der Waals surface area (Å²) in [6.07, 6.45) is 4.91. The Morgan fingerprint density at radius 2 is 1.39 bits per heavy atom. The predicted molar refractivity (Wildman–Crippen MR) is 138 cm³/mol. The normalized spacial score (nSPS) is 13.5. The van der Waals surface area contributed by atoms with Crippen molar-refractivity contribution in [3.8, 4) is 22.9 Å². The number of hydrogen-bond acceptors (Lipinski definition) is 7. The molecule has 36 heavy (non-hydrogen) atoms. The Hall–Kier alpha value is -4.17. The molecule has 2 aromatic carbocycles. The SMILES string of the molecule is CC(Sc1nnc(-c2ccco2)c(-c2ccco2)n1)C(=O)N1c2ccccc2CCc2ccccc21. The summed E-state index contributed by atoms with van der Waals surface area (Å²) in [6.45, 7) is 1.87. The number of rotatable bonds is 5. The van der Waals surface area contributed by atoms with Crippen LogP contribution in [0.5, 0.6) is 0 Å². The molecule has 4 heterocycles. The number of furan rings is 2. The average molecular weight is 495 g/mol. The molecule has 1 atom stereocenters. The minimum Gasteiger partial charge on any atom is -0.463 e. The Labute approximate surface area is 212 Å². The lowest BCUT2D eigenvalue weighted by Crippen LogP contribution is -2.33. The van der Waals surface area contributed by atoms with Crippen LogP contribution in [0.1, 0.15) is 18.1 Å². The molecule has 0 fully saturated rings. The van der Waals surface area contributed by atoms with Crippen molar-refractivity contribution in [3.63, 3.8) is 0 Å². The molecular weight excluding hydrogens is 472 g/mol. The van der Waals surface area contributed by atoms with E-state index in [1.807, 2.05) is 54.3 Å². The molecule has 5 aromatic rings. The molecule has 8 heteroatoms. The van der Waals surface area contributed by atoms with Gasteiger partial charge in [-0.2, -0.15) is 0 Å². The van der Waals surface area contributed by atoms with Crippen molar-refractivity contribution in [3.05, 3.63) is 96.4 Å². The van der Waals surface area contributed by atoms with Gasteiger partial charge in [0.2, 0.25) is 11.1 Å². The lowest BCUT2D eigenvalue weighted by atomic mass is 10.0. The molecule has 1 unspecified atom stereocenters. The zero-order valence-corrected chi connectivity index (χ0v) is 20.3. The van der Waals surface area contributed by atoms with E-state index in [0.717, 1.165) is 35.3 Å². The van der Waals surface area contributed by atoms with Gasteiger partial charge < -0.3 is 8.83 Å². The van der Waals surface area contributed by atoms with Gasteiger partial charge in [0, 0.05) is 0 Å². The molecule has 178 valence electrons. The highest BCUT2D eigenvalue weighted by Crippen LogP contribution is 2.38. The number of carbonyl (C=O) groups is 1. The average Bonchev–Trinajstić information content (AvgIpc) is 3.61. The van der Waals surface area contributed by atoms with Gasteiger partial charge in [-0.1, -0.05) is 48.2 Å². The predicted octanol–water partition coefficient (Wildman–Crippen LogP) is 6.34. The van der Waals surface area contributed by atoms with Crippen molar-refractivity contribution in [1.29, 1.82) is 0 Å². The number of carbonyl (C=O) groups excluding carboxylic acids is 1. The summed E-state index contributed by atoms with van der Waals surface area (Å²) in [5, 5.41) is 8.60. The van der Waals surface area contributed by atoms with Crippen molar-refractivity contribution in [1.82, 2.24) is 15.2 Å². The maximum absolute atomic E-state index is 13.9. The van der Waals surface area contributed by atoms with Crippen molar-refractivity contribution < 1.29 is 13.6 Å². The molecule has 6 rings (SSSR count). The van der Waals surface area contributed by atoms with E-state index < -0.39 is 5.25 Å². The monoisotopic (exact) mass is 494 g/mol. The highest BCUT2D eigenvalue weighted by molar-refractivity contribution is 8.00. The molecule has 0 bridgehead atoms. The van der Waals surface area contributed by atoms with E-state index in [-0.39, 0.29) is 5.91 Å². The molecule has 1 aliphatic rings. The zero-order chi connectivity index (χ0) is 24.5. The van der Waals surface area contributed by atoms with E-state index in [1.165, 1.54) is 11.8 Å². The summed E-state index contributed by atoms with van der Waals surface area (Å²) in [6, 6.07) is 23.4. The first-order chi connectivity index (χ1) is 17.7. The minimum atomic E-state index is -0.468. The summed E-state index contributed by atoms with van der Waals surface area (Å²) in [5.74, 6) is 1.05. The Morgan fingerprint density at radius 1 is 0.806 bits per heavy atom. The highest BCUT2D eigenvalue weighted by atomic mass is 32.2. The van der Waals surface area contributed by atoms with Crippen LogP contribution in [0.3, 0.4) is 0 Å². The molecule has 0 N–H and O–H groups in total. The van der Waals surface area contributed by atoms with Crippen molar-refractivity contribution in [2.45, 2.75) is 30.2 Å². The fraction of sp³-hybridized carbons (Fsp3) is 0.143. The lowest BCUT2D eigenvalue weighted by Gasteiger charge is -2.27. The molecule has 3 aromatic heterocycles. The third-order valence-corrected chi connectivity index (χ3v) is 7.09. The van der Waals surface area contributed by atoms with Gasteiger partial charge >= 0.3 is 0 Å². The van der Waals surface area contributed by atoms with Crippen LogP contribution in [0.2, 0.25) is 0 Å². The zero-order valence-electron chi connectivity index (χ0n) is 19.5. The number of aromatic nitrogens is 3. The number of benzene rings is 2. The number of hydrogen-bond donors (Lipinski definition) is 0. The molecular formula is C28H22N4O3S. The first kappa shape index (κ1) is 22.3. The number of fused-ring (bicyclic) bond motifs is 2. The molecule has 7 nitrogen and oxygen atoms in total. The van der Waals surface area contributed by atoms with Crippen molar-refractivity contribution >= 4 is 29.0 Å². The molecule has 1 aliphatic heterocycles. The van der Waals surface area contributed by atoms with Gasteiger partial charge in [0.15, 0.2) is 17.2 Å². The second-order valence-electron chi connectivity index (χ2n) is 8.44. The standard InChI is InChI=1S/C28H22N4O3S/c1-18(27(33)32-21-10-4-2-8-19(21)14-15-20-9-3-5-11-22(20)32)36-28-29-25(23-12-6-16-34-23)26(30-31-28)24-13-7-17-35-24/h2-13,16-18H,14-15H2,1H3. The minimum absolute atomic E-state index is 0.0416. The number of aryl methyl sites for hydroxylation is 2. The number of anilines is 2. The van der Waals surface area contributed by atoms with Crippen LogP contribution in [-0.4, -0.2) is 26.3 Å². The number of thioether (sulfide) groups is 1. The number of para-hydroxylation sites is 2. The summed E-state index contributed by atoms with van der Waals surface area (Å²) < 4.78 is 11.1. The first-order valence-corrected chi connectivity index (χ1v) is 12.6. The third kappa shape index (κ3) is 4.09. The Kier molecular flexibility index (Phi) is 5.87. The van der Waals surface area contributed by atoms with Crippen LogP contribution in [0.25, 0.3) is 22.9 Å². The second kappa shape index (κ2) is 9.47. The third-order valence-electron chi connectivity index (χ3n) is 6.16. The Balaban J connectivity index is 1.35.